The van der Waals surface area contributed by atoms with Crippen LogP contribution in [0.15, 0.2) is 11.6 Å². The zero-order valence-corrected chi connectivity index (χ0v) is 22.6. The maximum Gasteiger partial charge on any atom is 0.184 e. The van der Waals surface area contributed by atoms with Gasteiger partial charge in [-0.05, 0) is 107 Å². The van der Waals surface area contributed by atoms with E-state index in [4.69, 9.17) is 8.85 Å². The Kier molecular flexibility index (Phi) is 5.65. The number of carbonyl (C=O) groups is 1. The van der Waals surface area contributed by atoms with Gasteiger partial charge in [-0.2, -0.15) is 0 Å². The van der Waals surface area contributed by atoms with E-state index in [0.717, 1.165) is 31.6 Å². The molecule has 0 radical (unpaired) electrons. The smallest absolute Gasteiger partial charge is 0.184 e. The van der Waals surface area contributed by atoms with Crippen LogP contribution in [-0.2, 0) is 13.6 Å². The molecule has 30 heavy (non-hydrogen) atoms. The third-order valence-corrected chi connectivity index (χ3v) is 10.8. The van der Waals surface area contributed by atoms with E-state index < -0.39 is 16.6 Å². The summed E-state index contributed by atoms with van der Waals surface area (Å²) in [6, 6.07) is 0. The molecular formula is C25H44O3Si2. The lowest BCUT2D eigenvalue weighted by Gasteiger charge is -2.57. The van der Waals surface area contributed by atoms with Gasteiger partial charge < -0.3 is 8.85 Å². The summed E-state index contributed by atoms with van der Waals surface area (Å²) in [7, 11) is -3.22. The number of hydrogen-bond acceptors (Lipinski definition) is 3. The molecule has 3 saturated carbocycles. The molecule has 0 bridgehead atoms. The molecule has 0 aromatic rings. The molecule has 0 N–H and O–H groups in total. The highest BCUT2D eigenvalue weighted by atomic mass is 28.4. The second kappa shape index (κ2) is 7.39. The van der Waals surface area contributed by atoms with Gasteiger partial charge >= 0.3 is 0 Å². The lowest BCUT2D eigenvalue weighted by atomic mass is 9.48. The molecule has 170 valence electrons. The van der Waals surface area contributed by atoms with Crippen LogP contribution in [0, 0.1) is 28.6 Å². The summed E-state index contributed by atoms with van der Waals surface area (Å²) >= 11 is 0. The van der Waals surface area contributed by atoms with Gasteiger partial charge in [0.1, 0.15) is 6.10 Å². The minimum absolute atomic E-state index is 0.149. The van der Waals surface area contributed by atoms with Crippen LogP contribution in [0.1, 0.15) is 58.8 Å². The van der Waals surface area contributed by atoms with Crippen LogP contribution in [0.5, 0.6) is 0 Å². The maximum atomic E-state index is 13.4. The molecule has 4 rings (SSSR count). The summed E-state index contributed by atoms with van der Waals surface area (Å²) in [5.41, 5.74) is 1.82. The number of hydrogen-bond donors (Lipinski definition) is 0. The van der Waals surface area contributed by atoms with E-state index in [2.05, 4.69) is 59.2 Å². The monoisotopic (exact) mass is 448 g/mol. The zero-order valence-electron chi connectivity index (χ0n) is 20.6. The lowest BCUT2D eigenvalue weighted by molar-refractivity contribution is -0.136. The predicted molar refractivity (Wildman–Crippen MR) is 129 cm³/mol. The minimum atomic E-state index is -1.72. The summed E-state index contributed by atoms with van der Waals surface area (Å²) in [4.78, 5) is 13.4. The molecule has 7 atom stereocenters. The number of ketones is 1. The Balaban J connectivity index is 1.56. The average Bonchev–Trinajstić information content (AvgIpc) is 2.84. The molecule has 0 aromatic heterocycles. The Morgan fingerprint density at radius 2 is 1.53 bits per heavy atom. The third-order valence-electron chi connectivity index (χ3n) is 8.79. The van der Waals surface area contributed by atoms with E-state index >= 15 is 0 Å². The largest absolute Gasteiger partial charge is 0.414 e. The van der Waals surface area contributed by atoms with Crippen LogP contribution in [0.4, 0.5) is 0 Å². The highest BCUT2D eigenvalue weighted by Gasteiger charge is 2.61. The minimum Gasteiger partial charge on any atom is -0.414 e. The van der Waals surface area contributed by atoms with Crippen molar-refractivity contribution in [2.24, 2.45) is 28.6 Å². The highest BCUT2D eigenvalue weighted by Crippen LogP contribution is 2.64. The van der Waals surface area contributed by atoms with Crippen molar-refractivity contribution in [1.29, 1.82) is 0 Å². The average molecular weight is 449 g/mol. The Labute approximate surface area is 186 Å². The molecule has 0 spiro atoms. The molecule has 0 heterocycles. The summed E-state index contributed by atoms with van der Waals surface area (Å²) in [5, 5.41) is 0. The van der Waals surface area contributed by atoms with Gasteiger partial charge in [0.05, 0.1) is 0 Å². The van der Waals surface area contributed by atoms with Crippen LogP contribution in [0.3, 0.4) is 0 Å². The second-order valence-corrected chi connectivity index (χ2v) is 22.1. The first-order valence-electron chi connectivity index (χ1n) is 12.3. The van der Waals surface area contributed by atoms with E-state index in [9.17, 15) is 4.79 Å². The van der Waals surface area contributed by atoms with Gasteiger partial charge in [0.2, 0.25) is 0 Å². The van der Waals surface area contributed by atoms with Gasteiger partial charge in [0, 0.05) is 11.5 Å². The molecule has 0 saturated heterocycles. The fourth-order valence-corrected chi connectivity index (χ4v) is 9.78. The standard InChI is InChI=1S/C25H44O3Si2/c1-24-13-11-18(27-29(3,4)5)15-17(24)9-10-19-20(24)12-14-25(2)21(19)16-22(23(25)26)28-30(6,7)8/h9,18-22H,10-16H2,1-8H3/t18-,19+,20-,21-,22-,24-,25-/m0/s1. The topological polar surface area (TPSA) is 35.5 Å². The Hall–Kier alpha value is -0.236. The van der Waals surface area contributed by atoms with Gasteiger partial charge in [-0.1, -0.05) is 25.5 Å². The fraction of sp³-hybridized carbons (Fsp3) is 0.880. The predicted octanol–water partition coefficient (Wildman–Crippen LogP) is 6.57. The second-order valence-electron chi connectivity index (χ2n) is 13.1. The lowest BCUT2D eigenvalue weighted by Crippen LogP contribution is -2.51. The van der Waals surface area contributed by atoms with Crippen molar-refractivity contribution in [3.05, 3.63) is 11.6 Å². The van der Waals surface area contributed by atoms with E-state index in [-0.39, 0.29) is 11.5 Å². The first-order valence-corrected chi connectivity index (χ1v) is 19.1. The zero-order chi connectivity index (χ0) is 22.1. The Morgan fingerprint density at radius 1 is 0.900 bits per heavy atom. The molecule has 4 aliphatic rings. The molecule has 3 nitrogen and oxygen atoms in total. The van der Waals surface area contributed by atoms with Gasteiger partial charge in [-0.3, -0.25) is 4.79 Å². The molecule has 0 aliphatic heterocycles. The van der Waals surface area contributed by atoms with Crippen molar-refractivity contribution in [1.82, 2.24) is 0 Å². The molecule has 5 heteroatoms. The van der Waals surface area contributed by atoms with Crippen LogP contribution >= 0.6 is 0 Å². The summed E-state index contributed by atoms with van der Waals surface area (Å²) in [5.74, 6) is 2.28. The highest BCUT2D eigenvalue weighted by molar-refractivity contribution is 6.70. The summed E-state index contributed by atoms with van der Waals surface area (Å²) in [6.45, 7) is 18.4. The number of fused-ring (bicyclic) bond motifs is 5. The normalized spacial score (nSPS) is 44.2. The number of rotatable bonds is 4. The number of allylic oxidation sites excluding steroid dienone is 1. The summed E-state index contributed by atoms with van der Waals surface area (Å²) < 4.78 is 12.9. The van der Waals surface area contributed by atoms with Crippen molar-refractivity contribution >= 4 is 22.4 Å². The first kappa shape index (κ1) is 22.9. The third kappa shape index (κ3) is 3.97. The van der Waals surface area contributed by atoms with Gasteiger partial charge in [-0.25, -0.2) is 0 Å². The van der Waals surface area contributed by atoms with Crippen LogP contribution in [0.2, 0.25) is 39.3 Å². The summed E-state index contributed by atoms with van der Waals surface area (Å²) in [6.07, 6.45) is 10.8. The quantitative estimate of drug-likeness (QED) is 0.360. The Bertz CT molecular complexity index is 734. The van der Waals surface area contributed by atoms with E-state index in [1.807, 2.05) is 0 Å². The number of Topliss-reactive ketones (excluding diaryl/α,β-unsaturated/α-hetero) is 1. The fourth-order valence-electron chi connectivity index (χ4n) is 7.52. The van der Waals surface area contributed by atoms with E-state index in [0.29, 0.717) is 29.1 Å². The van der Waals surface area contributed by atoms with Crippen molar-refractivity contribution < 1.29 is 13.6 Å². The molecular weight excluding hydrogens is 404 g/mol. The molecule has 0 amide bonds. The molecule has 0 aromatic carbocycles. The number of carbonyl (C=O) groups excluding carboxylic acids is 1. The maximum absolute atomic E-state index is 13.4. The first-order chi connectivity index (χ1) is 13.7. The molecule has 3 fully saturated rings. The van der Waals surface area contributed by atoms with Crippen molar-refractivity contribution in [3.63, 3.8) is 0 Å². The van der Waals surface area contributed by atoms with Crippen molar-refractivity contribution in [2.75, 3.05) is 0 Å². The molecule has 4 aliphatic carbocycles. The van der Waals surface area contributed by atoms with Crippen LogP contribution < -0.4 is 0 Å². The van der Waals surface area contributed by atoms with Crippen LogP contribution in [-0.4, -0.2) is 34.6 Å². The SMILES string of the molecule is C[C@]12CC[C@H](O[Si](C)(C)C)CC1=CC[C@@H]1[C@@H]2CC[C@]2(C)C(=O)[C@@H](O[Si](C)(C)C)C[C@@H]12. The van der Waals surface area contributed by atoms with E-state index in [1.54, 1.807) is 5.57 Å². The van der Waals surface area contributed by atoms with Gasteiger partial charge in [0.15, 0.2) is 22.4 Å². The van der Waals surface area contributed by atoms with Crippen molar-refractivity contribution in [2.45, 2.75) is 110 Å². The van der Waals surface area contributed by atoms with Gasteiger partial charge in [-0.15, -0.1) is 0 Å². The molecule has 0 unspecified atom stereocenters. The van der Waals surface area contributed by atoms with Gasteiger partial charge in [0.25, 0.3) is 0 Å². The van der Waals surface area contributed by atoms with E-state index in [1.165, 1.54) is 19.3 Å². The Morgan fingerprint density at radius 3 is 2.17 bits per heavy atom. The van der Waals surface area contributed by atoms with Crippen LogP contribution in [0.25, 0.3) is 0 Å². The van der Waals surface area contributed by atoms with Crippen molar-refractivity contribution in [3.8, 4) is 0 Å².